The molecule has 0 spiro atoms. The van der Waals surface area contributed by atoms with E-state index in [0.29, 0.717) is 11.1 Å². The Balaban J connectivity index is 3.00. The van der Waals surface area contributed by atoms with Gasteiger partial charge in [0.05, 0.1) is 11.1 Å². The van der Waals surface area contributed by atoms with Crippen LogP contribution in [0.2, 0.25) is 0 Å². The molecule has 0 atom stereocenters. The van der Waals surface area contributed by atoms with Crippen LogP contribution in [0.1, 0.15) is 15.9 Å². The minimum Gasteiger partial charge on any atom is -0.478 e. The summed E-state index contributed by atoms with van der Waals surface area (Å²) < 4.78 is 0. The van der Waals surface area contributed by atoms with E-state index in [2.05, 4.69) is 21.8 Å². The van der Waals surface area contributed by atoms with Crippen molar-refractivity contribution in [2.24, 2.45) is 10.7 Å². The monoisotopic (exact) mass is 229 g/mol. The van der Waals surface area contributed by atoms with Crippen LogP contribution in [-0.4, -0.2) is 29.3 Å². The number of hydrogen-bond donors (Lipinski definition) is 2. The summed E-state index contributed by atoms with van der Waals surface area (Å²) in [6.07, 6.45) is 5.59. The lowest BCUT2D eigenvalue weighted by Gasteiger charge is -1.93. The molecule has 1 aromatic heterocycles. The van der Waals surface area contributed by atoms with Crippen molar-refractivity contribution in [3.63, 3.8) is 0 Å². The first-order valence-electron chi connectivity index (χ1n) is 4.71. The minimum absolute atomic E-state index is 0.0965. The summed E-state index contributed by atoms with van der Waals surface area (Å²) in [6, 6.07) is 1.44. The number of aliphatic imine (C=N–C) groups is 1. The van der Waals surface area contributed by atoms with Gasteiger partial charge in [-0.3, -0.25) is 9.98 Å². The molecule has 0 aliphatic heterocycles. The highest BCUT2D eigenvalue weighted by Gasteiger charge is 2.02. The van der Waals surface area contributed by atoms with Gasteiger partial charge in [0, 0.05) is 37.4 Å². The Morgan fingerprint density at radius 1 is 1.59 bits per heavy atom. The SMILES string of the molecule is CN=CC(C#Cc1cncc(C(=O)O)c1)=CN. The van der Waals surface area contributed by atoms with Crippen molar-refractivity contribution in [1.82, 2.24) is 4.98 Å². The zero-order chi connectivity index (χ0) is 12.7. The molecule has 0 radical (unpaired) electrons. The molecule has 0 aliphatic rings. The van der Waals surface area contributed by atoms with E-state index in [9.17, 15) is 4.79 Å². The maximum absolute atomic E-state index is 10.7. The second kappa shape index (κ2) is 6.08. The smallest absolute Gasteiger partial charge is 0.337 e. The number of rotatable bonds is 2. The minimum atomic E-state index is -1.04. The average Bonchev–Trinajstić information content (AvgIpc) is 2.34. The Bertz CT molecular complexity index is 536. The zero-order valence-corrected chi connectivity index (χ0v) is 9.21. The van der Waals surface area contributed by atoms with Crippen molar-refractivity contribution >= 4 is 12.2 Å². The Hall–Kier alpha value is -2.61. The topological polar surface area (TPSA) is 88.6 Å². The summed E-state index contributed by atoms with van der Waals surface area (Å²) in [7, 11) is 1.61. The molecule has 3 N–H and O–H groups in total. The number of aromatic nitrogens is 1. The van der Waals surface area contributed by atoms with Gasteiger partial charge in [0.2, 0.25) is 0 Å². The second-order valence-electron chi connectivity index (χ2n) is 3.03. The number of aromatic carboxylic acids is 1. The number of carboxylic acids is 1. The van der Waals surface area contributed by atoms with Gasteiger partial charge in [-0.1, -0.05) is 11.8 Å². The largest absolute Gasteiger partial charge is 0.478 e. The summed E-state index contributed by atoms with van der Waals surface area (Å²) >= 11 is 0. The average molecular weight is 229 g/mol. The van der Waals surface area contributed by atoms with Crippen LogP contribution < -0.4 is 5.73 Å². The molecule has 0 aliphatic carbocycles. The van der Waals surface area contributed by atoms with Crippen LogP contribution in [0.25, 0.3) is 0 Å². The zero-order valence-electron chi connectivity index (χ0n) is 9.21. The number of nitrogens with two attached hydrogens (primary N) is 1. The van der Waals surface area contributed by atoms with Gasteiger partial charge in [-0.15, -0.1) is 0 Å². The van der Waals surface area contributed by atoms with Crippen molar-refractivity contribution in [3.8, 4) is 11.8 Å². The summed E-state index contributed by atoms with van der Waals surface area (Å²) in [5.41, 5.74) is 6.49. The Labute approximate surface area is 98.7 Å². The third kappa shape index (κ3) is 3.80. The molecule has 0 saturated heterocycles. The summed E-state index contributed by atoms with van der Waals surface area (Å²) in [6.45, 7) is 0. The Kier molecular flexibility index (Phi) is 4.45. The highest BCUT2D eigenvalue weighted by atomic mass is 16.4. The standard InChI is InChI=1S/C12H11N3O2/c1-14-6-10(5-13)3-2-9-4-11(12(16)17)8-15-7-9/h4-8H,13H2,1H3,(H,16,17). The van der Waals surface area contributed by atoms with Crippen LogP contribution in [0, 0.1) is 11.8 Å². The van der Waals surface area contributed by atoms with Gasteiger partial charge in [0.15, 0.2) is 0 Å². The normalized spacial score (nSPS) is 11.0. The van der Waals surface area contributed by atoms with E-state index >= 15 is 0 Å². The first-order chi connectivity index (χ1) is 8.17. The number of carboxylic acid groups (broad SMARTS) is 1. The number of pyridine rings is 1. The van der Waals surface area contributed by atoms with E-state index in [0.717, 1.165) is 0 Å². The van der Waals surface area contributed by atoms with E-state index in [-0.39, 0.29) is 5.56 Å². The number of nitrogens with zero attached hydrogens (tertiary/aromatic N) is 2. The van der Waals surface area contributed by atoms with Gasteiger partial charge in [0.1, 0.15) is 0 Å². The molecule has 86 valence electrons. The first-order valence-corrected chi connectivity index (χ1v) is 4.71. The predicted octanol–water partition coefficient (Wildman–Crippen LogP) is 0.675. The molecule has 0 bridgehead atoms. The molecular formula is C12H11N3O2. The molecule has 1 rings (SSSR count). The van der Waals surface area contributed by atoms with E-state index in [1.54, 1.807) is 7.05 Å². The van der Waals surface area contributed by atoms with Crippen LogP contribution >= 0.6 is 0 Å². The van der Waals surface area contributed by atoms with Crippen molar-refractivity contribution < 1.29 is 9.90 Å². The fraction of sp³-hybridized carbons (Fsp3) is 0.0833. The fourth-order valence-corrected chi connectivity index (χ4v) is 1.03. The lowest BCUT2D eigenvalue weighted by molar-refractivity contribution is 0.0696. The molecule has 0 unspecified atom stereocenters. The molecule has 5 nitrogen and oxygen atoms in total. The quantitative estimate of drug-likeness (QED) is 0.576. The van der Waals surface area contributed by atoms with Crippen LogP contribution in [0.3, 0.4) is 0 Å². The third-order valence-electron chi connectivity index (χ3n) is 1.78. The van der Waals surface area contributed by atoms with Crippen molar-refractivity contribution in [1.29, 1.82) is 0 Å². The molecule has 17 heavy (non-hydrogen) atoms. The molecule has 0 fully saturated rings. The predicted molar refractivity (Wildman–Crippen MR) is 64.8 cm³/mol. The van der Waals surface area contributed by atoms with Gasteiger partial charge in [-0.05, 0) is 6.07 Å². The van der Waals surface area contributed by atoms with Gasteiger partial charge >= 0.3 is 5.97 Å². The maximum Gasteiger partial charge on any atom is 0.337 e. The van der Waals surface area contributed by atoms with Crippen LogP contribution in [-0.2, 0) is 0 Å². The van der Waals surface area contributed by atoms with Crippen molar-refractivity contribution in [2.75, 3.05) is 7.05 Å². The van der Waals surface area contributed by atoms with E-state index in [1.807, 2.05) is 0 Å². The highest BCUT2D eigenvalue weighted by molar-refractivity contribution is 5.88. The van der Waals surface area contributed by atoms with Gasteiger partial charge in [0.25, 0.3) is 0 Å². The van der Waals surface area contributed by atoms with Crippen LogP contribution in [0.15, 0.2) is 35.2 Å². The van der Waals surface area contributed by atoms with E-state index < -0.39 is 5.97 Å². The Morgan fingerprint density at radius 2 is 2.35 bits per heavy atom. The number of carbonyl (C=O) groups is 1. The number of hydrogen-bond acceptors (Lipinski definition) is 4. The molecule has 5 heteroatoms. The molecule has 0 saturated carbocycles. The second-order valence-corrected chi connectivity index (χ2v) is 3.03. The highest BCUT2D eigenvalue weighted by Crippen LogP contribution is 2.01. The third-order valence-corrected chi connectivity index (χ3v) is 1.78. The van der Waals surface area contributed by atoms with Crippen molar-refractivity contribution in [3.05, 3.63) is 41.4 Å². The summed E-state index contributed by atoms with van der Waals surface area (Å²) in [5.74, 6) is 4.48. The van der Waals surface area contributed by atoms with Crippen molar-refractivity contribution in [2.45, 2.75) is 0 Å². The lowest BCUT2D eigenvalue weighted by Crippen LogP contribution is -1.97. The fourth-order valence-electron chi connectivity index (χ4n) is 1.03. The maximum atomic E-state index is 10.7. The Morgan fingerprint density at radius 3 is 2.94 bits per heavy atom. The van der Waals surface area contributed by atoms with Gasteiger partial charge < -0.3 is 10.8 Å². The number of allylic oxidation sites excluding steroid dienone is 1. The lowest BCUT2D eigenvalue weighted by atomic mass is 10.2. The molecule has 1 heterocycles. The van der Waals surface area contributed by atoms with E-state index in [1.165, 1.54) is 30.9 Å². The van der Waals surface area contributed by atoms with Gasteiger partial charge in [-0.2, -0.15) is 0 Å². The van der Waals surface area contributed by atoms with Crippen LogP contribution in [0.4, 0.5) is 0 Å². The van der Waals surface area contributed by atoms with Gasteiger partial charge in [-0.25, -0.2) is 4.79 Å². The molecule has 1 aromatic rings. The molecular weight excluding hydrogens is 218 g/mol. The molecule has 0 amide bonds. The first kappa shape index (κ1) is 12.5. The summed E-state index contributed by atoms with van der Waals surface area (Å²) in [4.78, 5) is 18.3. The molecule has 0 aromatic carbocycles. The summed E-state index contributed by atoms with van der Waals surface area (Å²) in [5, 5.41) is 8.78. The van der Waals surface area contributed by atoms with E-state index in [4.69, 9.17) is 10.8 Å². The van der Waals surface area contributed by atoms with Crippen LogP contribution in [0.5, 0.6) is 0 Å².